The van der Waals surface area contributed by atoms with Crippen LogP contribution in [-0.2, 0) is 14.2 Å². The molecule has 10 N–H and O–H groups in total. The maximum absolute atomic E-state index is 10.3. The highest BCUT2D eigenvalue weighted by Crippen LogP contribution is 2.10. The van der Waals surface area contributed by atoms with Crippen LogP contribution in [0.25, 0.3) is 0 Å². The van der Waals surface area contributed by atoms with Gasteiger partial charge < -0.3 is 65.3 Å². The minimum atomic E-state index is -1.84. The van der Waals surface area contributed by atoms with Crippen LogP contribution in [0.5, 0.6) is 0 Å². The average molecular weight is 520 g/mol. The van der Waals surface area contributed by atoms with Crippen LogP contribution in [0.2, 0.25) is 0 Å². The Hall–Kier alpha value is -0.560. The molecular weight excluding hydrogens is 474 g/mol. The van der Waals surface area contributed by atoms with Crippen LogP contribution < -0.4 is 0 Å². The average Bonchev–Trinajstić information content (AvgIpc) is 2.86. The fourth-order valence-electron chi connectivity index (χ4n) is 3.01. The predicted molar refractivity (Wildman–Crippen MR) is 121 cm³/mol. The fourth-order valence-corrected chi connectivity index (χ4v) is 3.01. The lowest BCUT2D eigenvalue weighted by atomic mass is 10.0. The molecule has 0 aromatic carbocycles. The van der Waals surface area contributed by atoms with Crippen molar-refractivity contribution in [2.24, 2.45) is 0 Å². The summed E-state index contributed by atoms with van der Waals surface area (Å²) in [5.74, 6) is 0. The monoisotopic (exact) mass is 519 g/mol. The van der Waals surface area contributed by atoms with Gasteiger partial charge >= 0.3 is 0 Å². The largest absolute Gasteiger partial charge is 0.394 e. The highest BCUT2D eigenvalue weighted by molar-refractivity contribution is 4.86. The number of aliphatic hydroxyl groups is 10. The van der Waals surface area contributed by atoms with Crippen LogP contribution in [-0.4, -0.2) is 177 Å². The fraction of sp³-hybridized carbons (Fsp3) is 1.00. The second-order valence-electron chi connectivity index (χ2n) is 8.19. The van der Waals surface area contributed by atoms with Gasteiger partial charge in [0.25, 0.3) is 0 Å². The summed E-state index contributed by atoms with van der Waals surface area (Å²) in [7, 11) is 0. The molecule has 0 bridgehead atoms. The molecule has 0 spiro atoms. The zero-order valence-corrected chi connectivity index (χ0v) is 20.2. The molecule has 0 radical (unpaired) electrons. The first kappa shape index (κ1) is 34.4. The molecule has 0 heterocycles. The van der Waals surface area contributed by atoms with Gasteiger partial charge in [0, 0.05) is 26.2 Å². The van der Waals surface area contributed by atoms with Gasteiger partial charge in [-0.05, 0) is 6.42 Å². The highest BCUT2D eigenvalue weighted by atomic mass is 16.5. The Balaban J connectivity index is 4.79. The Bertz CT molecular complexity index is 462. The first-order valence-corrected chi connectivity index (χ1v) is 11.7. The maximum atomic E-state index is 10.3. The topological polar surface area (TPSA) is 233 Å². The van der Waals surface area contributed by atoms with Gasteiger partial charge in [-0.3, -0.25) is 4.90 Å². The SMILES string of the molecule is CCCOCCOCCOCCN(C[C@H](O)[C@@H](O)[C@H](O)[C@H](O)CO)C[C@H](O)[C@@H](O)[C@H](O)[C@H](O)CO. The summed E-state index contributed by atoms with van der Waals surface area (Å²) in [4.78, 5) is 1.36. The Kier molecular flexibility index (Phi) is 20.2. The van der Waals surface area contributed by atoms with E-state index in [2.05, 4.69) is 0 Å². The van der Waals surface area contributed by atoms with Crippen LogP contribution in [0.3, 0.4) is 0 Å². The smallest absolute Gasteiger partial charge is 0.111 e. The lowest BCUT2D eigenvalue weighted by Gasteiger charge is -2.33. The van der Waals surface area contributed by atoms with Crippen LogP contribution in [0.15, 0.2) is 0 Å². The minimum Gasteiger partial charge on any atom is -0.394 e. The van der Waals surface area contributed by atoms with Gasteiger partial charge in [0.2, 0.25) is 0 Å². The molecule has 0 saturated heterocycles. The molecular formula is C21H45NO13. The van der Waals surface area contributed by atoms with Gasteiger partial charge in [-0.15, -0.1) is 0 Å². The zero-order chi connectivity index (χ0) is 26.8. The van der Waals surface area contributed by atoms with E-state index in [1.54, 1.807) is 0 Å². The predicted octanol–water partition coefficient (Wildman–Crippen LogP) is -5.38. The lowest BCUT2D eigenvalue weighted by Crippen LogP contribution is -2.53. The van der Waals surface area contributed by atoms with Crippen molar-refractivity contribution in [2.45, 2.75) is 62.2 Å². The number of aliphatic hydroxyl groups excluding tert-OH is 10. The number of rotatable bonds is 23. The van der Waals surface area contributed by atoms with Crippen molar-refractivity contribution < 1.29 is 65.3 Å². The number of hydrogen-bond acceptors (Lipinski definition) is 14. The van der Waals surface area contributed by atoms with Gasteiger partial charge in [-0.2, -0.15) is 0 Å². The van der Waals surface area contributed by atoms with Gasteiger partial charge in [-0.1, -0.05) is 6.92 Å². The van der Waals surface area contributed by atoms with E-state index in [1.165, 1.54) is 4.90 Å². The van der Waals surface area contributed by atoms with Crippen molar-refractivity contribution in [3.63, 3.8) is 0 Å². The molecule has 0 aliphatic carbocycles. The molecule has 0 aromatic heterocycles. The molecule has 0 rings (SSSR count). The van der Waals surface area contributed by atoms with Crippen molar-refractivity contribution in [1.29, 1.82) is 0 Å². The Labute approximate surface area is 205 Å². The molecule has 0 aliphatic rings. The van der Waals surface area contributed by atoms with Crippen molar-refractivity contribution in [2.75, 3.05) is 72.5 Å². The van der Waals surface area contributed by atoms with E-state index in [1.807, 2.05) is 6.92 Å². The molecule has 212 valence electrons. The summed E-state index contributed by atoms with van der Waals surface area (Å²) < 4.78 is 16.1. The van der Waals surface area contributed by atoms with E-state index in [0.717, 1.165) is 6.42 Å². The van der Waals surface area contributed by atoms with Crippen LogP contribution in [0.4, 0.5) is 0 Å². The third-order valence-corrected chi connectivity index (χ3v) is 5.19. The molecule has 0 aliphatic heterocycles. The second kappa shape index (κ2) is 20.5. The van der Waals surface area contributed by atoms with Crippen LogP contribution >= 0.6 is 0 Å². The van der Waals surface area contributed by atoms with Crippen molar-refractivity contribution >= 4 is 0 Å². The summed E-state index contributed by atoms with van der Waals surface area (Å²) in [6.07, 6.45) is -13.1. The first-order chi connectivity index (χ1) is 16.6. The lowest BCUT2D eigenvalue weighted by molar-refractivity contribution is -0.131. The molecule has 8 atom stereocenters. The molecule has 0 saturated carbocycles. The van der Waals surface area contributed by atoms with Crippen molar-refractivity contribution in [1.82, 2.24) is 4.90 Å². The van der Waals surface area contributed by atoms with E-state index >= 15 is 0 Å². The third-order valence-electron chi connectivity index (χ3n) is 5.19. The van der Waals surface area contributed by atoms with Crippen LogP contribution in [0.1, 0.15) is 13.3 Å². The maximum Gasteiger partial charge on any atom is 0.111 e. The summed E-state index contributed by atoms with van der Waals surface area (Å²) in [6, 6.07) is 0. The summed E-state index contributed by atoms with van der Waals surface area (Å²) in [5, 5.41) is 97.0. The summed E-state index contributed by atoms with van der Waals surface area (Å²) >= 11 is 0. The van der Waals surface area contributed by atoms with Crippen LogP contribution in [0, 0.1) is 0 Å². The third kappa shape index (κ3) is 14.7. The van der Waals surface area contributed by atoms with Gasteiger partial charge in [-0.25, -0.2) is 0 Å². The quantitative estimate of drug-likeness (QED) is 0.0568. The van der Waals surface area contributed by atoms with Gasteiger partial charge in [0.05, 0.1) is 58.5 Å². The van der Waals surface area contributed by atoms with Gasteiger partial charge in [0.15, 0.2) is 0 Å². The second-order valence-corrected chi connectivity index (χ2v) is 8.19. The summed E-state index contributed by atoms with van der Waals surface area (Å²) in [6.45, 7) is 1.84. The molecule has 0 fully saturated rings. The zero-order valence-electron chi connectivity index (χ0n) is 20.2. The number of ether oxygens (including phenoxy) is 3. The van der Waals surface area contributed by atoms with E-state index in [-0.39, 0.29) is 32.8 Å². The minimum absolute atomic E-state index is 0.0739. The molecule has 0 unspecified atom stereocenters. The van der Waals surface area contributed by atoms with E-state index in [9.17, 15) is 40.9 Å². The molecule has 35 heavy (non-hydrogen) atoms. The molecule has 14 heteroatoms. The first-order valence-electron chi connectivity index (χ1n) is 11.7. The standard InChI is InChI=1S/C21H45NO13/c1-2-4-33-6-8-35-9-7-34-5-3-22(10-14(25)18(29)20(31)16(27)12-23)11-15(26)19(30)21(32)17(28)13-24/h14-21,23-32H,2-13H2,1H3/t14-,15-,16+,17+,18+,19+,20+,21+/m0/s1. The van der Waals surface area contributed by atoms with E-state index < -0.39 is 62.0 Å². The number of nitrogens with zero attached hydrogens (tertiary/aromatic N) is 1. The number of hydrogen-bond donors (Lipinski definition) is 10. The molecule has 0 aromatic rings. The Morgan fingerprint density at radius 1 is 0.514 bits per heavy atom. The highest BCUT2D eigenvalue weighted by Gasteiger charge is 2.34. The van der Waals surface area contributed by atoms with E-state index in [0.29, 0.717) is 26.4 Å². The van der Waals surface area contributed by atoms with Gasteiger partial charge in [0.1, 0.15) is 36.6 Å². The van der Waals surface area contributed by atoms with Crippen molar-refractivity contribution in [3.05, 3.63) is 0 Å². The summed E-state index contributed by atoms with van der Waals surface area (Å²) in [5.41, 5.74) is 0. The Morgan fingerprint density at radius 2 is 0.857 bits per heavy atom. The molecule has 14 nitrogen and oxygen atoms in total. The normalized spacial score (nSPS) is 19.2. The Morgan fingerprint density at radius 3 is 1.23 bits per heavy atom. The molecule has 0 amide bonds. The van der Waals surface area contributed by atoms with Crippen molar-refractivity contribution in [3.8, 4) is 0 Å². The van der Waals surface area contributed by atoms with E-state index in [4.69, 9.17) is 24.4 Å².